The molecule has 1 N–H and O–H groups in total. The molecule has 0 aromatic rings. The summed E-state index contributed by atoms with van der Waals surface area (Å²) in [6.45, 7) is 7.39. The van der Waals surface area contributed by atoms with Gasteiger partial charge in [0.2, 0.25) is 0 Å². The number of carbonyl (C=O) groups is 1. The van der Waals surface area contributed by atoms with Crippen molar-refractivity contribution in [2.24, 2.45) is 5.92 Å². The van der Waals surface area contributed by atoms with E-state index >= 15 is 0 Å². The molecule has 3 nitrogen and oxygen atoms in total. The van der Waals surface area contributed by atoms with E-state index in [2.05, 4.69) is 18.7 Å². The Morgan fingerprint density at radius 1 is 1.36 bits per heavy atom. The fourth-order valence-electron chi connectivity index (χ4n) is 1.58. The van der Waals surface area contributed by atoms with Gasteiger partial charge in [-0.1, -0.05) is 27.2 Å². The van der Waals surface area contributed by atoms with Gasteiger partial charge in [0.1, 0.15) is 0 Å². The second-order valence-electron chi connectivity index (χ2n) is 4.11. The van der Waals surface area contributed by atoms with Gasteiger partial charge in [-0.2, -0.15) is 0 Å². The maximum Gasteiger partial charge on any atom is 0.304 e. The lowest BCUT2D eigenvalue weighted by Gasteiger charge is -2.28. The lowest BCUT2D eigenvalue weighted by molar-refractivity contribution is -0.138. The Morgan fingerprint density at radius 2 is 1.93 bits per heavy atom. The summed E-state index contributed by atoms with van der Waals surface area (Å²) in [6, 6.07) is 0.182. The third-order valence-corrected chi connectivity index (χ3v) is 2.80. The molecule has 0 aromatic heterocycles. The van der Waals surface area contributed by atoms with E-state index in [1.54, 1.807) is 0 Å². The molecule has 0 bridgehead atoms. The summed E-state index contributed by atoms with van der Waals surface area (Å²) in [4.78, 5) is 12.8. The minimum absolute atomic E-state index is 0.182. The van der Waals surface area contributed by atoms with Crippen LogP contribution in [0.2, 0.25) is 0 Å². The normalized spacial score (nSPS) is 15.5. The first-order valence-corrected chi connectivity index (χ1v) is 5.43. The van der Waals surface area contributed by atoms with Gasteiger partial charge < -0.3 is 10.0 Å². The summed E-state index contributed by atoms with van der Waals surface area (Å²) in [7, 11) is 2.02. The van der Waals surface area contributed by atoms with Crippen molar-refractivity contribution in [3.63, 3.8) is 0 Å². The zero-order chi connectivity index (χ0) is 11.1. The molecule has 0 spiro atoms. The summed E-state index contributed by atoms with van der Waals surface area (Å²) in [5.74, 6) is -0.0595. The third-order valence-electron chi connectivity index (χ3n) is 2.80. The second kappa shape index (κ2) is 6.82. The molecule has 0 saturated heterocycles. The molecule has 0 aliphatic rings. The van der Waals surface area contributed by atoms with Crippen LogP contribution in [0.1, 0.15) is 40.0 Å². The summed E-state index contributed by atoms with van der Waals surface area (Å²) >= 11 is 0. The van der Waals surface area contributed by atoms with Gasteiger partial charge in [-0.25, -0.2) is 0 Å². The van der Waals surface area contributed by atoms with Crippen LogP contribution in [0.15, 0.2) is 0 Å². The van der Waals surface area contributed by atoms with Crippen LogP contribution in [0.3, 0.4) is 0 Å². The van der Waals surface area contributed by atoms with Crippen molar-refractivity contribution in [3.05, 3.63) is 0 Å². The number of hydrogen-bond donors (Lipinski definition) is 1. The predicted octanol–water partition coefficient (Wildman–Crippen LogP) is 2.22. The summed E-state index contributed by atoms with van der Waals surface area (Å²) in [5, 5.41) is 8.73. The zero-order valence-corrected chi connectivity index (χ0v) is 9.79. The maximum atomic E-state index is 10.6. The molecule has 0 amide bonds. The number of aliphatic carboxylic acids is 1. The van der Waals surface area contributed by atoms with Crippen LogP contribution in [0.25, 0.3) is 0 Å². The largest absolute Gasteiger partial charge is 0.481 e. The number of nitrogens with zero attached hydrogens (tertiary/aromatic N) is 1. The van der Waals surface area contributed by atoms with Gasteiger partial charge in [-0.05, 0) is 19.4 Å². The Labute approximate surface area is 87.1 Å². The highest BCUT2D eigenvalue weighted by Crippen LogP contribution is 2.11. The van der Waals surface area contributed by atoms with Gasteiger partial charge >= 0.3 is 5.97 Å². The predicted molar refractivity (Wildman–Crippen MR) is 58.4 cm³/mol. The molecule has 0 aliphatic carbocycles. The molecule has 3 heteroatoms. The zero-order valence-electron chi connectivity index (χ0n) is 9.79. The SMILES string of the molecule is CCC(C)CN(C)C(CC)CC(=O)O. The van der Waals surface area contributed by atoms with Crippen molar-refractivity contribution in [2.75, 3.05) is 13.6 Å². The fourth-order valence-corrected chi connectivity index (χ4v) is 1.58. The van der Waals surface area contributed by atoms with Gasteiger partial charge in [0, 0.05) is 12.6 Å². The van der Waals surface area contributed by atoms with E-state index in [0.717, 1.165) is 19.4 Å². The van der Waals surface area contributed by atoms with Gasteiger partial charge in [-0.3, -0.25) is 4.79 Å². The van der Waals surface area contributed by atoms with Crippen molar-refractivity contribution >= 4 is 5.97 Å². The topological polar surface area (TPSA) is 40.5 Å². The van der Waals surface area contributed by atoms with Gasteiger partial charge in [0.05, 0.1) is 6.42 Å². The van der Waals surface area contributed by atoms with Crippen molar-refractivity contribution in [1.82, 2.24) is 4.90 Å². The smallest absolute Gasteiger partial charge is 0.304 e. The Hall–Kier alpha value is -0.570. The first-order valence-electron chi connectivity index (χ1n) is 5.43. The van der Waals surface area contributed by atoms with E-state index in [0.29, 0.717) is 5.92 Å². The summed E-state index contributed by atoms with van der Waals surface area (Å²) < 4.78 is 0. The van der Waals surface area contributed by atoms with Crippen LogP contribution in [0, 0.1) is 5.92 Å². The molecule has 0 aliphatic heterocycles. The Kier molecular flexibility index (Phi) is 6.54. The van der Waals surface area contributed by atoms with E-state index < -0.39 is 5.97 Å². The van der Waals surface area contributed by atoms with Crippen LogP contribution < -0.4 is 0 Å². The second-order valence-corrected chi connectivity index (χ2v) is 4.11. The number of hydrogen-bond acceptors (Lipinski definition) is 2. The molecular formula is C11H23NO2. The van der Waals surface area contributed by atoms with E-state index in [1.807, 2.05) is 14.0 Å². The third kappa shape index (κ3) is 5.22. The molecule has 0 fully saturated rings. The fraction of sp³-hybridized carbons (Fsp3) is 0.909. The van der Waals surface area contributed by atoms with E-state index in [4.69, 9.17) is 5.11 Å². The average Bonchev–Trinajstić information content (AvgIpc) is 2.13. The van der Waals surface area contributed by atoms with Crippen LogP contribution in [-0.4, -0.2) is 35.6 Å². The molecule has 0 saturated carbocycles. The van der Waals surface area contributed by atoms with Crippen molar-refractivity contribution in [3.8, 4) is 0 Å². The Balaban J connectivity index is 4.03. The first-order chi connectivity index (χ1) is 6.51. The van der Waals surface area contributed by atoms with Crippen molar-refractivity contribution < 1.29 is 9.90 Å². The Morgan fingerprint density at radius 3 is 2.29 bits per heavy atom. The highest BCUT2D eigenvalue weighted by atomic mass is 16.4. The molecule has 0 aromatic carbocycles. The van der Waals surface area contributed by atoms with Crippen LogP contribution in [0.5, 0.6) is 0 Å². The Bertz CT molecular complexity index is 171. The average molecular weight is 201 g/mol. The summed E-state index contributed by atoms with van der Waals surface area (Å²) in [6.07, 6.45) is 2.30. The van der Waals surface area contributed by atoms with Crippen molar-refractivity contribution in [2.45, 2.75) is 46.1 Å². The van der Waals surface area contributed by atoms with Gasteiger partial charge in [0.25, 0.3) is 0 Å². The quantitative estimate of drug-likeness (QED) is 0.686. The number of rotatable bonds is 7. The first kappa shape index (κ1) is 13.4. The molecule has 2 atom stereocenters. The standard InChI is InChI=1S/C11H23NO2/c1-5-9(3)8-12(4)10(6-2)7-11(13)14/h9-10H,5-8H2,1-4H3,(H,13,14). The van der Waals surface area contributed by atoms with Crippen LogP contribution >= 0.6 is 0 Å². The van der Waals surface area contributed by atoms with Crippen LogP contribution in [0.4, 0.5) is 0 Å². The number of carboxylic acid groups (broad SMARTS) is 1. The molecular weight excluding hydrogens is 178 g/mol. The maximum absolute atomic E-state index is 10.6. The minimum Gasteiger partial charge on any atom is -0.481 e. The van der Waals surface area contributed by atoms with Crippen LogP contribution in [-0.2, 0) is 4.79 Å². The summed E-state index contributed by atoms with van der Waals surface area (Å²) in [5.41, 5.74) is 0. The molecule has 0 radical (unpaired) electrons. The monoisotopic (exact) mass is 201 g/mol. The minimum atomic E-state index is -0.701. The molecule has 14 heavy (non-hydrogen) atoms. The van der Waals surface area contributed by atoms with Gasteiger partial charge in [0.15, 0.2) is 0 Å². The van der Waals surface area contributed by atoms with E-state index in [9.17, 15) is 4.79 Å². The highest BCUT2D eigenvalue weighted by Gasteiger charge is 2.17. The lowest BCUT2D eigenvalue weighted by atomic mass is 10.1. The lowest BCUT2D eigenvalue weighted by Crippen LogP contribution is -2.36. The molecule has 0 heterocycles. The van der Waals surface area contributed by atoms with Crippen molar-refractivity contribution in [1.29, 1.82) is 0 Å². The molecule has 0 rings (SSSR count). The number of carboxylic acids is 1. The molecule has 84 valence electrons. The van der Waals surface area contributed by atoms with E-state index in [1.165, 1.54) is 0 Å². The molecule has 2 unspecified atom stereocenters. The highest BCUT2D eigenvalue weighted by molar-refractivity contribution is 5.67. The van der Waals surface area contributed by atoms with Gasteiger partial charge in [-0.15, -0.1) is 0 Å². The van der Waals surface area contributed by atoms with E-state index in [-0.39, 0.29) is 12.5 Å².